The van der Waals surface area contributed by atoms with Crippen molar-refractivity contribution in [3.05, 3.63) is 29.8 Å². The molecule has 0 heterocycles. The van der Waals surface area contributed by atoms with Gasteiger partial charge in [0, 0.05) is 10.1 Å². The summed E-state index contributed by atoms with van der Waals surface area (Å²) >= 11 is 1.92. The standard InChI is InChI=1S/C12H18S/c1-9(2)11-5-7-12(8-6-11)13-10(3)4/h5-10H,1-4H3. The lowest BCUT2D eigenvalue weighted by molar-refractivity contribution is 0.865. The number of thioether (sulfide) groups is 1. The van der Waals surface area contributed by atoms with Gasteiger partial charge in [0.1, 0.15) is 0 Å². The lowest BCUT2D eigenvalue weighted by Crippen LogP contribution is -1.88. The van der Waals surface area contributed by atoms with Crippen molar-refractivity contribution in [3.63, 3.8) is 0 Å². The van der Waals surface area contributed by atoms with Crippen LogP contribution < -0.4 is 0 Å². The van der Waals surface area contributed by atoms with Crippen molar-refractivity contribution in [2.45, 2.75) is 43.8 Å². The molecule has 1 rings (SSSR count). The molecule has 1 aromatic rings. The van der Waals surface area contributed by atoms with Crippen LogP contribution in [0.5, 0.6) is 0 Å². The molecule has 0 aliphatic rings. The summed E-state index contributed by atoms with van der Waals surface area (Å²) in [7, 11) is 0. The minimum atomic E-state index is 0.637. The molecule has 0 aromatic heterocycles. The van der Waals surface area contributed by atoms with E-state index >= 15 is 0 Å². The molecule has 72 valence electrons. The van der Waals surface area contributed by atoms with E-state index < -0.39 is 0 Å². The number of rotatable bonds is 3. The minimum absolute atomic E-state index is 0.637. The second-order valence-corrected chi connectivity index (χ2v) is 5.54. The van der Waals surface area contributed by atoms with E-state index in [1.807, 2.05) is 11.8 Å². The summed E-state index contributed by atoms with van der Waals surface area (Å²) in [5.41, 5.74) is 1.42. The van der Waals surface area contributed by atoms with E-state index in [0.29, 0.717) is 11.2 Å². The summed E-state index contributed by atoms with van der Waals surface area (Å²) in [4.78, 5) is 1.37. The lowest BCUT2D eigenvalue weighted by Gasteiger charge is -2.08. The first-order valence-electron chi connectivity index (χ1n) is 4.86. The molecule has 13 heavy (non-hydrogen) atoms. The quantitative estimate of drug-likeness (QED) is 0.646. The third-order valence-electron chi connectivity index (χ3n) is 1.92. The van der Waals surface area contributed by atoms with E-state index in [2.05, 4.69) is 52.0 Å². The first kappa shape index (κ1) is 10.6. The van der Waals surface area contributed by atoms with Crippen LogP contribution in [0.4, 0.5) is 0 Å². The fourth-order valence-corrected chi connectivity index (χ4v) is 2.04. The van der Waals surface area contributed by atoms with Crippen LogP contribution in [0.1, 0.15) is 39.2 Å². The van der Waals surface area contributed by atoms with Crippen molar-refractivity contribution in [2.24, 2.45) is 0 Å². The molecule has 0 N–H and O–H groups in total. The first-order chi connectivity index (χ1) is 6.09. The monoisotopic (exact) mass is 194 g/mol. The van der Waals surface area contributed by atoms with E-state index in [-0.39, 0.29) is 0 Å². The molecule has 0 nitrogen and oxygen atoms in total. The Kier molecular flexibility index (Phi) is 3.86. The summed E-state index contributed by atoms with van der Waals surface area (Å²) in [5, 5.41) is 0.671. The Balaban J connectivity index is 2.70. The van der Waals surface area contributed by atoms with Crippen LogP contribution in [0.2, 0.25) is 0 Å². The van der Waals surface area contributed by atoms with Gasteiger partial charge in [-0.15, -0.1) is 11.8 Å². The predicted octanol–water partition coefficient (Wildman–Crippen LogP) is 4.31. The van der Waals surface area contributed by atoms with Crippen LogP contribution in [-0.2, 0) is 0 Å². The molecule has 0 aliphatic carbocycles. The van der Waals surface area contributed by atoms with Gasteiger partial charge in [-0.1, -0.05) is 39.8 Å². The molecule has 0 bridgehead atoms. The molecule has 0 radical (unpaired) electrons. The second-order valence-electron chi connectivity index (χ2n) is 3.89. The molecule has 1 aromatic carbocycles. The van der Waals surface area contributed by atoms with Gasteiger partial charge in [-0.05, 0) is 23.6 Å². The van der Waals surface area contributed by atoms with Gasteiger partial charge >= 0.3 is 0 Å². The van der Waals surface area contributed by atoms with Gasteiger partial charge in [-0.3, -0.25) is 0 Å². The first-order valence-corrected chi connectivity index (χ1v) is 5.74. The summed E-state index contributed by atoms with van der Waals surface area (Å²) in [6, 6.07) is 8.91. The van der Waals surface area contributed by atoms with E-state index in [4.69, 9.17) is 0 Å². The van der Waals surface area contributed by atoms with Crippen molar-refractivity contribution >= 4 is 11.8 Å². The van der Waals surface area contributed by atoms with Crippen LogP contribution in [0.3, 0.4) is 0 Å². The maximum atomic E-state index is 2.23. The number of hydrogen-bond donors (Lipinski definition) is 0. The largest absolute Gasteiger partial charge is 0.123 e. The van der Waals surface area contributed by atoms with Crippen LogP contribution >= 0.6 is 11.8 Å². The Morgan fingerprint density at radius 3 is 1.85 bits per heavy atom. The zero-order valence-electron chi connectivity index (χ0n) is 8.87. The van der Waals surface area contributed by atoms with Crippen molar-refractivity contribution in [1.29, 1.82) is 0 Å². The smallest absolute Gasteiger partial charge is 0.00747 e. The summed E-state index contributed by atoms with van der Waals surface area (Å²) in [6.07, 6.45) is 0. The zero-order chi connectivity index (χ0) is 9.84. The fraction of sp³-hybridized carbons (Fsp3) is 0.500. The van der Waals surface area contributed by atoms with E-state index in [9.17, 15) is 0 Å². The maximum absolute atomic E-state index is 2.23. The topological polar surface area (TPSA) is 0 Å². The predicted molar refractivity (Wildman–Crippen MR) is 61.5 cm³/mol. The van der Waals surface area contributed by atoms with Crippen LogP contribution in [0, 0.1) is 0 Å². The highest BCUT2D eigenvalue weighted by molar-refractivity contribution is 7.99. The SMILES string of the molecule is CC(C)Sc1ccc(C(C)C)cc1. The van der Waals surface area contributed by atoms with Crippen molar-refractivity contribution in [3.8, 4) is 0 Å². The molecule has 0 atom stereocenters. The maximum Gasteiger partial charge on any atom is 0.00747 e. The minimum Gasteiger partial charge on any atom is -0.123 e. The molecule has 0 spiro atoms. The molecule has 0 amide bonds. The molecule has 1 heteroatoms. The number of hydrogen-bond acceptors (Lipinski definition) is 1. The van der Waals surface area contributed by atoms with E-state index in [0.717, 1.165) is 0 Å². The van der Waals surface area contributed by atoms with Crippen molar-refractivity contribution in [2.75, 3.05) is 0 Å². The molecule has 0 saturated heterocycles. The molecule has 0 aliphatic heterocycles. The van der Waals surface area contributed by atoms with Crippen molar-refractivity contribution in [1.82, 2.24) is 0 Å². The average Bonchev–Trinajstić information content (AvgIpc) is 2.04. The van der Waals surface area contributed by atoms with E-state index in [1.54, 1.807) is 0 Å². The van der Waals surface area contributed by atoms with Crippen LogP contribution in [0.25, 0.3) is 0 Å². The van der Waals surface area contributed by atoms with Gasteiger partial charge in [0.05, 0.1) is 0 Å². The van der Waals surface area contributed by atoms with Gasteiger partial charge in [-0.2, -0.15) is 0 Å². The molecule has 0 fully saturated rings. The highest BCUT2D eigenvalue weighted by atomic mass is 32.2. The Bertz CT molecular complexity index is 246. The zero-order valence-corrected chi connectivity index (χ0v) is 9.69. The highest BCUT2D eigenvalue weighted by Gasteiger charge is 2.00. The lowest BCUT2D eigenvalue weighted by atomic mass is 10.0. The van der Waals surface area contributed by atoms with Crippen molar-refractivity contribution < 1.29 is 0 Å². The van der Waals surface area contributed by atoms with Gasteiger partial charge in [0.25, 0.3) is 0 Å². The molecular weight excluding hydrogens is 176 g/mol. The van der Waals surface area contributed by atoms with Gasteiger partial charge < -0.3 is 0 Å². The van der Waals surface area contributed by atoms with Crippen LogP contribution in [0.15, 0.2) is 29.2 Å². The molecule has 0 saturated carbocycles. The van der Waals surface area contributed by atoms with Gasteiger partial charge in [-0.25, -0.2) is 0 Å². The Morgan fingerprint density at radius 2 is 1.46 bits per heavy atom. The Hall–Kier alpha value is -0.430. The summed E-state index contributed by atoms with van der Waals surface area (Å²) < 4.78 is 0. The van der Waals surface area contributed by atoms with Crippen LogP contribution in [-0.4, -0.2) is 5.25 Å². The molecular formula is C12H18S. The Morgan fingerprint density at radius 1 is 0.923 bits per heavy atom. The third kappa shape index (κ3) is 3.43. The normalized spacial score (nSPS) is 11.2. The summed E-state index contributed by atoms with van der Waals surface area (Å²) in [5.74, 6) is 0.637. The van der Waals surface area contributed by atoms with Gasteiger partial charge in [0.15, 0.2) is 0 Å². The summed E-state index contributed by atoms with van der Waals surface area (Å²) in [6.45, 7) is 8.90. The average molecular weight is 194 g/mol. The Labute approximate surface area is 85.7 Å². The third-order valence-corrected chi connectivity index (χ3v) is 2.93. The van der Waals surface area contributed by atoms with E-state index in [1.165, 1.54) is 10.5 Å². The molecule has 0 unspecified atom stereocenters. The van der Waals surface area contributed by atoms with Gasteiger partial charge in [0.2, 0.25) is 0 Å². The number of benzene rings is 1. The second kappa shape index (κ2) is 4.71. The fourth-order valence-electron chi connectivity index (χ4n) is 1.20. The highest BCUT2D eigenvalue weighted by Crippen LogP contribution is 2.24.